The van der Waals surface area contributed by atoms with E-state index in [0.29, 0.717) is 27.2 Å². The highest BCUT2D eigenvalue weighted by Gasteiger charge is 2.20. The number of hydrogen-bond donors (Lipinski definition) is 3. The number of aromatic nitrogens is 2. The van der Waals surface area contributed by atoms with Gasteiger partial charge in [-0.15, -0.1) is 20.7 Å². The maximum Gasteiger partial charge on any atom is 0.333 e. The molecule has 2 amide bonds. The summed E-state index contributed by atoms with van der Waals surface area (Å²) >= 11 is 7.41. The summed E-state index contributed by atoms with van der Waals surface area (Å²) in [5.74, 6) is 4.83. The fourth-order valence-electron chi connectivity index (χ4n) is 2.87. The molecule has 0 radical (unpaired) electrons. The number of nitrogens with one attached hydrogen (secondary N) is 2. The van der Waals surface area contributed by atoms with Gasteiger partial charge in [0, 0.05) is 10.6 Å². The molecular formula is C19H14ClN5O6S3. The number of benzene rings is 2. The molecule has 0 saturated carbocycles. The van der Waals surface area contributed by atoms with Crippen LogP contribution in [0.3, 0.4) is 0 Å². The van der Waals surface area contributed by atoms with Crippen LogP contribution in [-0.2, 0) is 19.3 Å². The molecule has 0 aliphatic rings. The van der Waals surface area contributed by atoms with Gasteiger partial charge in [0.05, 0.1) is 33.0 Å². The van der Waals surface area contributed by atoms with E-state index >= 15 is 0 Å². The van der Waals surface area contributed by atoms with Crippen LogP contribution in [-0.4, -0.2) is 24.0 Å². The summed E-state index contributed by atoms with van der Waals surface area (Å²) in [6, 6.07) is 12.9. The van der Waals surface area contributed by atoms with Crippen LogP contribution in [0.1, 0.15) is 0 Å². The average molecular weight is 540 g/mol. The summed E-state index contributed by atoms with van der Waals surface area (Å²) < 4.78 is 32.5. The molecule has 15 heteroatoms. The van der Waals surface area contributed by atoms with Crippen LogP contribution in [0.25, 0.3) is 16.6 Å². The Balaban J connectivity index is 1.51. The van der Waals surface area contributed by atoms with Crippen LogP contribution in [0, 0.1) is 0 Å². The largest absolute Gasteiger partial charge is 0.333 e. The summed E-state index contributed by atoms with van der Waals surface area (Å²) in [6.45, 7) is 0. The highest BCUT2D eigenvalue weighted by molar-refractivity contribution is 7.94. The first-order valence-electron chi connectivity index (χ1n) is 9.18. The van der Waals surface area contributed by atoms with Crippen molar-refractivity contribution < 1.29 is 22.5 Å². The van der Waals surface area contributed by atoms with E-state index in [4.69, 9.17) is 17.5 Å². The Morgan fingerprint density at radius 2 is 1.91 bits per heavy atom. The second-order valence-corrected chi connectivity index (χ2v) is 10.9. The lowest BCUT2D eigenvalue weighted by Crippen LogP contribution is -2.33. The van der Waals surface area contributed by atoms with Crippen LogP contribution in [0.4, 0.5) is 10.5 Å². The van der Waals surface area contributed by atoms with Crippen LogP contribution in [0.15, 0.2) is 74.8 Å². The van der Waals surface area contributed by atoms with Gasteiger partial charge in [-0.3, -0.25) is 9.36 Å². The van der Waals surface area contributed by atoms with Gasteiger partial charge in [-0.05, 0) is 54.6 Å². The number of amides is 2. The van der Waals surface area contributed by atoms with Crippen LogP contribution < -0.4 is 21.5 Å². The predicted molar refractivity (Wildman–Crippen MR) is 128 cm³/mol. The third-order valence-electron chi connectivity index (χ3n) is 4.34. The quantitative estimate of drug-likeness (QED) is 0.182. The fraction of sp³-hybridized carbons (Fsp3) is 0. The van der Waals surface area contributed by atoms with Gasteiger partial charge in [0.25, 0.3) is 15.6 Å². The molecule has 0 saturated heterocycles. The smallest absolute Gasteiger partial charge is 0.307 e. The first kappa shape index (κ1) is 24.2. The second kappa shape index (κ2) is 10.1. The summed E-state index contributed by atoms with van der Waals surface area (Å²) in [5, 5.41) is 2.77. The van der Waals surface area contributed by atoms with Crippen molar-refractivity contribution in [1.82, 2.24) is 14.3 Å². The van der Waals surface area contributed by atoms with Crippen molar-refractivity contribution in [3.05, 3.63) is 75.6 Å². The lowest BCUT2D eigenvalue weighted by atomic mass is 10.2. The van der Waals surface area contributed by atoms with E-state index < -0.39 is 16.1 Å². The number of nitrogens with two attached hydrogens (primary N) is 1. The maximum atomic E-state index is 13.0. The van der Waals surface area contributed by atoms with Gasteiger partial charge in [-0.25, -0.2) is 22.9 Å². The average Bonchev–Trinajstić information content (AvgIpc) is 3.26. The van der Waals surface area contributed by atoms with Gasteiger partial charge in [0.1, 0.15) is 10.5 Å². The van der Waals surface area contributed by atoms with E-state index in [0.717, 1.165) is 23.4 Å². The zero-order chi connectivity index (χ0) is 24.3. The highest BCUT2D eigenvalue weighted by Crippen LogP contribution is 2.25. The minimum absolute atomic E-state index is 0.0881. The minimum Gasteiger partial charge on any atom is -0.307 e. The number of thiophene rings is 1. The van der Waals surface area contributed by atoms with E-state index in [1.54, 1.807) is 30.3 Å². The molecule has 4 N–H and O–H groups in total. The van der Waals surface area contributed by atoms with Gasteiger partial charge in [0.15, 0.2) is 0 Å². The van der Waals surface area contributed by atoms with Gasteiger partial charge >= 0.3 is 6.03 Å². The maximum absolute atomic E-state index is 13.0. The van der Waals surface area contributed by atoms with Gasteiger partial charge in [-0.1, -0.05) is 11.6 Å². The van der Waals surface area contributed by atoms with E-state index in [2.05, 4.69) is 19.6 Å². The van der Waals surface area contributed by atoms with Gasteiger partial charge < -0.3 is 5.32 Å². The molecule has 0 atom stereocenters. The number of sulfonamides is 1. The molecule has 2 aromatic heterocycles. The Morgan fingerprint density at radius 1 is 1.15 bits per heavy atom. The lowest BCUT2D eigenvalue weighted by molar-refractivity contribution is -0.195. The molecule has 176 valence electrons. The third-order valence-corrected chi connectivity index (χ3v) is 7.99. The normalized spacial score (nSPS) is 11.5. The summed E-state index contributed by atoms with van der Waals surface area (Å²) in [7, 11) is -4.05. The molecule has 0 bridgehead atoms. The third kappa shape index (κ3) is 5.39. The second-order valence-electron chi connectivity index (χ2n) is 6.51. The Hall–Kier alpha value is -2.98. The van der Waals surface area contributed by atoms with Crippen molar-refractivity contribution in [2.45, 2.75) is 9.10 Å². The topological polar surface area (TPSA) is 155 Å². The van der Waals surface area contributed by atoms with Gasteiger partial charge in [0.2, 0.25) is 0 Å². The van der Waals surface area contributed by atoms with Crippen LogP contribution in [0.5, 0.6) is 0 Å². The molecule has 2 aromatic carbocycles. The Morgan fingerprint density at radius 3 is 2.59 bits per heavy atom. The zero-order valence-corrected chi connectivity index (χ0v) is 20.0. The number of anilines is 1. The summed E-state index contributed by atoms with van der Waals surface area (Å²) in [5.41, 5.74) is 0.939. The van der Waals surface area contributed by atoms with Crippen LogP contribution >= 0.6 is 35.0 Å². The number of carbonyl (C=O) groups is 1. The molecule has 4 aromatic rings. The minimum atomic E-state index is -4.05. The Kier molecular flexibility index (Phi) is 7.18. The zero-order valence-electron chi connectivity index (χ0n) is 16.8. The SMILES string of the molecule is NOOSc1ccc2ncn(-c3ccc(NC(=O)NS(=O)(=O)c4ccc(Cl)s4)cc3)c(=O)c2c1. The predicted octanol–water partition coefficient (Wildman–Crippen LogP) is 3.44. The van der Waals surface area contributed by atoms with Crippen LogP contribution in [0.2, 0.25) is 4.34 Å². The number of nitrogens with zero attached hydrogens (tertiary/aromatic N) is 2. The molecule has 4 rings (SSSR count). The van der Waals surface area contributed by atoms with E-state index in [-0.39, 0.29) is 14.1 Å². The first-order chi connectivity index (χ1) is 16.3. The highest BCUT2D eigenvalue weighted by atomic mass is 35.5. The molecule has 0 spiro atoms. The lowest BCUT2D eigenvalue weighted by Gasteiger charge is -2.10. The first-order valence-corrected chi connectivity index (χ1v) is 12.6. The van der Waals surface area contributed by atoms with Crippen molar-refractivity contribution in [1.29, 1.82) is 0 Å². The molecule has 2 heterocycles. The Labute approximate surface area is 205 Å². The molecule has 0 fully saturated rings. The van der Waals surface area contributed by atoms with E-state index in [1.165, 1.54) is 35.2 Å². The number of halogens is 1. The summed E-state index contributed by atoms with van der Waals surface area (Å²) in [4.78, 5) is 34.0. The van der Waals surface area contributed by atoms with Crippen molar-refractivity contribution in [3.63, 3.8) is 0 Å². The van der Waals surface area contributed by atoms with E-state index in [1.807, 2.05) is 4.72 Å². The standard InChI is InChI=1S/C19H14ClN5O6S3/c20-16-7-8-17(32-16)34(28,29)24-19(27)23-11-1-3-12(4-2-11)25-10-22-15-6-5-13(33-31-30-21)9-14(15)18(25)26/h1-10H,21H2,(H2,23,24,27). The van der Waals surface area contributed by atoms with Crippen molar-refractivity contribution in [2.75, 3.05) is 5.32 Å². The van der Waals surface area contributed by atoms with Crippen molar-refractivity contribution >= 4 is 67.6 Å². The number of rotatable bonds is 7. The number of urea groups is 1. The van der Waals surface area contributed by atoms with E-state index in [9.17, 15) is 18.0 Å². The molecule has 0 unspecified atom stereocenters. The van der Waals surface area contributed by atoms with Gasteiger partial charge in [-0.2, -0.15) is 5.90 Å². The number of fused-ring (bicyclic) bond motifs is 1. The fourth-order valence-corrected chi connectivity index (χ4v) is 5.67. The summed E-state index contributed by atoms with van der Waals surface area (Å²) in [6.07, 6.45) is 1.38. The Bertz CT molecular complexity index is 1520. The molecular weight excluding hydrogens is 526 g/mol. The monoisotopic (exact) mass is 539 g/mol. The number of hydrogen-bond acceptors (Lipinski definition) is 10. The van der Waals surface area contributed by atoms with Crippen molar-refractivity contribution in [2.24, 2.45) is 5.90 Å². The molecule has 11 nitrogen and oxygen atoms in total. The molecule has 0 aliphatic carbocycles. The van der Waals surface area contributed by atoms with Crippen molar-refractivity contribution in [3.8, 4) is 5.69 Å². The molecule has 34 heavy (non-hydrogen) atoms. The molecule has 0 aliphatic heterocycles. The number of carbonyl (C=O) groups excluding carboxylic acids is 1.